The van der Waals surface area contributed by atoms with Gasteiger partial charge in [0.15, 0.2) is 5.03 Å². The number of aromatic nitrogens is 2. The monoisotopic (exact) mass is 329 g/mol. The van der Waals surface area contributed by atoms with Gasteiger partial charge in [-0.3, -0.25) is 0 Å². The van der Waals surface area contributed by atoms with Crippen molar-refractivity contribution in [2.45, 2.75) is 18.1 Å². The summed E-state index contributed by atoms with van der Waals surface area (Å²) in [4.78, 5) is 3.95. The van der Waals surface area contributed by atoms with Crippen LogP contribution >= 0.6 is 11.6 Å². The van der Waals surface area contributed by atoms with E-state index >= 15 is 0 Å². The fourth-order valence-corrected chi connectivity index (χ4v) is 3.11. The summed E-state index contributed by atoms with van der Waals surface area (Å²) in [7, 11) is -2.05. The SMILES string of the molecule is Cc1nc(S(=O)(=O)NC[C@@H](O)c2ccccc2Cl)cn1C. The van der Waals surface area contributed by atoms with Gasteiger partial charge in [-0.2, -0.15) is 0 Å². The molecule has 0 unspecified atom stereocenters. The highest BCUT2D eigenvalue weighted by atomic mass is 35.5. The van der Waals surface area contributed by atoms with Crippen LogP contribution in [-0.4, -0.2) is 29.6 Å². The van der Waals surface area contributed by atoms with Crippen molar-refractivity contribution in [1.82, 2.24) is 14.3 Å². The fraction of sp³-hybridized carbons (Fsp3) is 0.308. The number of hydrogen-bond acceptors (Lipinski definition) is 4. The lowest BCUT2D eigenvalue weighted by atomic mass is 10.1. The van der Waals surface area contributed by atoms with Crippen molar-refractivity contribution < 1.29 is 13.5 Å². The number of nitrogens with zero attached hydrogens (tertiary/aromatic N) is 2. The molecule has 21 heavy (non-hydrogen) atoms. The van der Waals surface area contributed by atoms with E-state index in [1.165, 1.54) is 6.20 Å². The zero-order valence-corrected chi connectivity index (χ0v) is 13.2. The lowest BCUT2D eigenvalue weighted by Gasteiger charge is -2.13. The summed E-state index contributed by atoms with van der Waals surface area (Å²) in [6.07, 6.45) is 0.387. The van der Waals surface area contributed by atoms with Gasteiger partial charge < -0.3 is 9.67 Å². The Bertz CT molecular complexity index is 723. The molecule has 0 saturated heterocycles. The molecule has 0 spiro atoms. The molecule has 8 heteroatoms. The first-order valence-electron chi connectivity index (χ1n) is 6.23. The number of rotatable bonds is 5. The van der Waals surface area contributed by atoms with E-state index in [-0.39, 0.29) is 11.6 Å². The minimum Gasteiger partial charge on any atom is -0.387 e. The van der Waals surface area contributed by atoms with Crippen molar-refractivity contribution in [2.24, 2.45) is 7.05 Å². The van der Waals surface area contributed by atoms with Gasteiger partial charge in [-0.15, -0.1) is 0 Å². The second-order valence-corrected chi connectivity index (χ2v) is 6.75. The van der Waals surface area contributed by atoms with Crippen LogP contribution in [0.2, 0.25) is 5.02 Å². The molecule has 0 aliphatic carbocycles. The average Bonchev–Trinajstić information content (AvgIpc) is 2.77. The molecular formula is C13H16ClN3O3S. The van der Waals surface area contributed by atoms with Gasteiger partial charge in [0.2, 0.25) is 0 Å². The van der Waals surface area contributed by atoms with Gasteiger partial charge >= 0.3 is 0 Å². The van der Waals surface area contributed by atoms with E-state index in [2.05, 4.69) is 9.71 Å². The zero-order chi connectivity index (χ0) is 15.6. The highest BCUT2D eigenvalue weighted by Gasteiger charge is 2.20. The molecule has 6 nitrogen and oxygen atoms in total. The first-order chi connectivity index (χ1) is 9.81. The van der Waals surface area contributed by atoms with Crippen LogP contribution in [0.4, 0.5) is 0 Å². The number of aryl methyl sites for hydroxylation is 2. The second kappa shape index (κ2) is 6.15. The molecule has 114 valence electrons. The Labute approximate surface area is 128 Å². The van der Waals surface area contributed by atoms with Gasteiger partial charge in [-0.1, -0.05) is 29.8 Å². The average molecular weight is 330 g/mol. The Morgan fingerprint density at radius 1 is 1.43 bits per heavy atom. The van der Waals surface area contributed by atoms with E-state index in [1.807, 2.05) is 0 Å². The molecule has 2 rings (SSSR count). The van der Waals surface area contributed by atoms with E-state index in [1.54, 1.807) is 42.8 Å². The molecule has 1 atom stereocenters. The summed E-state index contributed by atoms with van der Waals surface area (Å²) in [5, 5.41) is 10.3. The standard InChI is InChI=1S/C13H16ClN3O3S/c1-9-16-13(8-17(9)2)21(19,20)15-7-12(18)10-5-3-4-6-11(10)14/h3-6,8,12,15,18H,7H2,1-2H3/t12-/m1/s1. The largest absolute Gasteiger partial charge is 0.387 e. The molecule has 0 aliphatic heterocycles. The summed E-state index contributed by atoms with van der Waals surface area (Å²) >= 11 is 5.96. The molecule has 1 heterocycles. The number of aliphatic hydroxyl groups excluding tert-OH is 1. The number of hydrogen-bond donors (Lipinski definition) is 2. The minimum atomic E-state index is -3.76. The third kappa shape index (κ3) is 3.62. The summed E-state index contributed by atoms with van der Waals surface area (Å²) in [6.45, 7) is 1.53. The van der Waals surface area contributed by atoms with Crippen LogP contribution in [0.5, 0.6) is 0 Å². The number of aliphatic hydroxyl groups is 1. The fourth-order valence-electron chi connectivity index (χ4n) is 1.77. The molecule has 0 bridgehead atoms. The zero-order valence-electron chi connectivity index (χ0n) is 11.6. The molecule has 0 radical (unpaired) electrons. The molecule has 1 aromatic carbocycles. The van der Waals surface area contributed by atoms with Crippen molar-refractivity contribution in [2.75, 3.05) is 6.54 Å². The van der Waals surface area contributed by atoms with Gasteiger partial charge in [0.05, 0.1) is 6.10 Å². The van der Waals surface area contributed by atoms with Crippen molar-refractivity contribution in [3.05, 3.63) is 46.9 Å². The smallest absolute Gasteiger partial charge is 0.259 e. The van der Waals surface area contributed by atoms with Crippen molar-refractivity contribution in [1.29, 1.82) is 0 Å². The molecule has 0 saturated carbocycles. The summed E-state index contributed by atoms with van der Waals surface area (Å²) in [5.74, 6) is 0.585. The Hall–Kier alpha value is -1.41. The quantitative estimate of drug-likeness (QED) is 0.868. The predicted octanol–water partition coefficient (Wildman–Crippen LogP) is 1.39. The summed E-state index contributed by atoms with van der Waals surface area (Å²) in [5.41, 5.74) is 0.471. The topological polar surface area (TPSA) is 84.2 Å². The molecule has 0 aliphatic rings. The van der Waals surface area contributed by atoms with Crippen LogP contribution in [0.15, 0.2) is 35.5 Å². The maximum atomic E-state index is 12.1. The molecule has 2 N–H and O–H groups in total. The Morgan fingerprint density at radius 2 is 2.10 bits per heavy atom. The summed E-state index contributed by atoms with van der Waals surface area (Å²) < 4.78 is 28.1. The molecule has 0 amide bonds. The van der Waals surface area contributed by atoms with Crippen LogP contribution < -0.4 is 4.72 Å². The molecule has 1 aromatic heterocycles. The highest BCUT2D eigenvalue weighted by molar-refractivity contribution is 7.89. The number of benzene rings is 1. The van der Waals surface area contributed by atoms with Gasteiger partial charge in [0.25, 0.3) is 10.0 Å². The van der Waals surface area contributed by atoms with E-state index in [4.69, 9.17) is 11.6 Å². The molecule has 2 aromatic rings. The van der Waals surface area contributed by atoms with Crippen LogP contribution in [0, 0.1) is 6.92 Å². The van der Waals surface area contributed by atoms with Crippen molar-refractivity contribution in [3.63, 3.8) is 0 Å². The van der Waals surface area contributed by atoms with E-state index in [0.717, 1.165) is 0 Å². The number of imidazole rings is 1. The van der Waals surface area contributed by atoms with E-state index < -0.39 is 16.1 Å². The predicted molar refractivity (Wildman–Crippen MR) is 79.5 cm³/mol. The number of sulfonamides is 1. The lowest BCUT2D eigenvalue weighted by Crippen LogP contribution is -2.29. The van der Waals surface area contributed by atoms with Gasteiger partial charge in [-0.05, 0) is 13.0 Å². The van der Waals surface area contributed by atoms with Crippen molar-refractivity contribution in [3.8, 4) is 0 Å². The van der Waals surface area contributed by atoms with Crippen LogP contribution in [-0.2, 0) is 17.1 Å². The van der Waals surface area contributed by atoms with Crippen LogP contribution in [0.3, 0.4) is 0 Å². The number of nitrogens with one attached hydrogen (secondary N) is 1. The van der Waals surface area contributed by atoms with E-state index in [0.29, 0.717) is 16.4 Å². The Kier molecular flexibility index (Phi) is 4.67. The maximum absolute atomic E-state index is 12.1. The second-order valence-electron chi connectivity index (χ2n) is 4.63. The molecule has 0 fully saturated rings. The Balaban J connectivity index is 2.10. The van der Waals surface area contributed by atoms with Crippen molar-refractivity contribution >= 4 is 21.6 Å². The summed E-state index contributed by atoms with van der Waals surface area (Å²) in [6, 6.07) is 6.74. The molecular weight excluding hydrogens is 314 g/mol. The Morgan fingerprint density at radius 3 is 2.67 bits per heavy atom. The van der Waals surface area contributed by atoms with Crippen LogP contribution in [0.1, 0.15) is 17.5 Å². The van der Waals surface area contributed by atoms with Gasteiger partial charge in [0, 0.05) is 30.4 Å². The lowest BCUT2D eigenvalue weighted by molar-refractivity contribution is 0.182. The highest BCUT2D eigenvalue weighted by Crippen LogP contribution is 2.22. The maximum Gasteiger partial charge on any atom is 0.259 e. The first-order valence-corrected chi connectivity index (χ1v) is 8.09. The van der Waals surface area contributed by atoms with Crippen LogP contribution in [0.25, 0.3) is 0 Å². The normalized spacial score (nSPS) is 13.3. The third-order valence-corrected chi connectivity index (χ3v) is 4.73. The first kappa shape index (κ1) is 16.0. The van der Waals surface area contributed by atoms with Gasteiger partial charge in [0.1, 0.15) is 5.82 Å². The minimum absolute atomic E-state index is 0.0751. The number of halogens is 1. The van der Waals surface area contributed by atoms with E-state index in [9.17, 15) is 13.5 Å². The van der Waals surface area contributed by atoms with Gasteiger partial charge in [-0.25, -0.2) is 18.1 Å². The third-order valence-electron chi connectivity index (χ3n) is 3.09.